The highest BCUT2D eigenvalue weighted by molar-refractivity contribution is 5.33. The van der Waals surface area contributed by atoms with E-state index in [1.807, 2.05) is 0 Å². The maximum absolute atomic E-state index is 10.2. The molecule has 0 atom stereocenters. The van der Waals surface area contributed by atoms with E-state index in [1.165, 1.54) is 75.4 Å². The lowest BCUT2D eigenvalue weighted by Crippen LogP contribution is -2.02. The van der Waals surface area contributed by atoms with E-state index in [-0.39, 0.29) is 0 Å². The zero-order valence-electron chi connectivity index (χ0n) is 11.0. The summed E-state index contributed by atoms with van der Waals surface area (Å²) in [6, 6.07) is 0. The Hall–Kier alpha value is -0.720. The Labute approximate surface area is 106 Å². The van der Waals surface area contributed by atoms with Crippen LogP contribution in [0.25, 0.3) is 0 Å². The van der Waals surface area contributed by atoms with Crippen LogP contribution in [0.1, 0.15) is 77.0 Å². The molecule has 1 heteroatoms. The summed E-state index contributed by atoms with van der Waals surface area (Å²) in [7, 11) is 0. The number of aliphatic hydroxyl groups is 1. The Kier molecular flexibility index (Phi) is 5.15. The molecule has 0 aromatic heterocycles. The molecule has 2 aliphatic carbocycles. The Balaban J connectivity index is 2.12. The molecular weight excluding hydrogens is 208 g/mol. The predicted octanol–water partition coefficient (Wildman–Crippen LogP) is 5.43. The van der Waals surface area contributed by atoms with Crippen molar-refractivity contribution in [3.8, 4) is 0 Å². The summed E-state index contributed by atoms with van der Waals surface area (Å²) in [6.07, 6.45) is 17.3. The quantitative estimate of drug-likeness (QED) is 0.641. The second-order valence-electron chi connectivity index (χ2n) is 5.52. The fraction of sp³-hybridized carbons (Fsp3) is 0.750. The number of rotatable bonds is 1. The van der Waals surface area contributed by atoms with Crippen LogP contribution >= 0.6 is 0 Å². The van der Waals surface area contributed by atoms with E-state index in [4.69, 9.17) is 0 Å². The van der Waals surface area contributed by atoms with E-state index in [2.05, 4.69) is 6.08 Å². The van der Waals surface area contributed by atoms with Gasteiger partial charge in [0.05, 0.1) is 5.76 Å². The summed E-state index contributed by atoms with van der Waals surface area (Å²) in [4.78, 5) is 0. The van der Waals surface area contributed by atoms with Crippen LogP contribution in [0.5, 0.6) is 0 Å². The standard InChI is InChI=1S/C16H26O/c17-16-13-9-5-4-8-12-15(16)14-10-6-2-1-3-7-11-14/h10,17H,1-9,11-13H2. The molecule has 0 fully saturated rings. The SMILES string of the molecule is OC1=C(C2=CCCCCCC2)CCCCCC1. The van der Waals surface area contributed by atoms with Gasteiger partial charge in [-0.05, 0) is 56.1 Å². The van der Waals surface area contributed by atoms with Crippen LogP contribution in [0, 0.1) is 0 Å². The molecule has 0 heterocycles. The van der Waals surface area contributed by atoms with E-state index < -0.39 is 0 Å². The second-order valence-corrected chi connectivity index (χ2v) is 5.52. The molecule has 2 rings (SSSR count). The van der Waals surface area contributed by atoms with Crippen molar-refractivity contribution < 1.29 is 5.11 Å². The number of hydrogen-bond acceptors (Lipinski definition) is 1. The molecule has 0 aromatic carbocycles. The molecule has 0 aromatic rings. The first kappa shape index (κ1) is 12.7. The maximum atomic E-state index is 10.2. The molecule has 1 nitrogen and oxygen atoms in total. The normalized spacial score (nSPS) is 24.4. The first-order chi connectivity index (χ1) is 8.38. The third kappa shape index (κ3) is 3.90. The molecule has 17 heavy (non-hydrogen) atoms. The summed E-state index contributed by atoms with van der Waals surface area (Å²) in [6.45, 7) is 0. The van der Waals surface area contributed by atoms with Gasteiger partial charge in [0.2, 0.25) is 0 Å². The smallest absolute Gasteiger partial charge is 0.0957 e. The van der Waals surface area contributed by atoms with Crippen LogP contribution in [0.2, 0.25) is 0 Å². The van der Waals surface area contributed by atoms with Crippen molar-refractivity contribution in [3.63, 3.8) is 0 Å². The van der Waals surface area contributed by atoms with Gasteiger partial charge in [0.25, 0.3) is 0 Å². The van der Waals surface area contributed by atoms with Gasteiger partial charge < -0.3 is 5.11 Å². The van der Waals surface area contributed by atoms with E-state index in [9.17, 15) is 5.11 Å². The van der Waals surface area contributed by atoms with Gasteiger partial charge in [0.15, 0.2) is 0 Å². The number of aliphatic hydroxyl groups excluding tert-OH is 1. The minimum absolute atomic E-state index is 0.705. The molecular formula is C16H26O. The summed E-state index contributed by atoms with van der Waals surface area (Å²) in [5, 5.41) is 10.2. The summed E-state index contributed by atoms with van der Waals surface area (Å²) >= 11 is 0. The van der Waals surface area contributed by atoms with Crippen molar-refractivity contribution in [1.29, 1.82) is 0 Å². The van der Waals surface area contributed by atoms with Crippen LogP contribution in [-0.2, 0) is 0 Å². The average molecular weight is 234 g/mol. The number of allylic oxidation sites excluding steroid dienone is 4. The van der Waals surface area contributed by atoms with Gasteiger partial charge in [0.1, 0.15) is 0 Å². The molecule has 1 N–H and O–H groups in total. The molecule has 2 aliphatic rings. The van der Waals surface area contributed by atoms with E-state index in [0.717, 1.165) is 12.8 Å². The Morgan fingerprint density at radius 3 is 2.18 bits per heavy atom. The highest BCUT2D eigenvalue weighted by Crippen LogP contribution is 2.31. The van der Waals surface area contributed by atoms with Gasteiger partial charge in [-0.25, -0.2) is 0 Å². The van der Waals surface area contributed by atoms with Crippen LogP contribution in [-0.4, -0.2) is 5.11 Å². The van der Waals surface area contributed by atoms with Crippen LogP contribution in [0.4, 0.5) is 0 Å². The minimum atomic E-state index is 0.705. The summed E-state index contributed by atoms with van der Waals surface area (Å²) in [5.41, 5.74) is 2.79. The lowest BCUT2D eigenvalue weighted by Gasteiger charge is -2.19. The van der Waals surface area contributed by atoms with Crippen molar-refractivity contribution in [2.75, 3.05) is 0 Å². The highest BCUT2D eigenvalue weighted by Gasteiger charge is 2.14. The molecule has 0 radical (unpaired) electrons. The Morgan fingerprint density at radius 1 is 0.706 bits per heavy atom. The lowest BCUT2D eigenvalue weighted by molar-refractivity contribution is 0.364. The van der Waals surface area contributed by atoms with E-state index >= 15 is 0 Å². The van der Waals surface area contributed by atoms with Crippen molar-refractivity contribution in [2.45, 2.75) is 77.0 Å². The molecule has 96 valence electrons. The van der Waals surface area contributed by atoms with Crippen molar-refractivity contribution >= 4 is 0 Å². The van der Waals surface area contributed by atoms with Crippen LogP contribution in [0.15, 0.2) is 23.0 Å². The van der Waals surface area contributed by atoms with Gasteiger partial charge in [-0.2, -0.15) is 0 Å². The Morgan fingerprint density at radius 2 is 1.35 bits per heavy atom. The summed E-state index contributed by atoms with van der Waals surface area (Å²) < 4.78 is 0. The first-order valence-corrected chi connectivity index (χ1v) is 7.48. The van der Waals surface area contributed by atoms with Gasteiger partial charge in [-0.15, -0.1) is 0 Å². The van der Waals surface area contributed by atoms with Crippen molar-refractivity contribution in [2.24, 2.45) is 0 Å². The van der Waals surface area contributed by atoms with Crippen LogP contribution in [0.3, 0.4) is 0 Å². The van der Waals surface area contributed by atoms with E-state index in [1.54, 1.807) is 0 Å². The summed E-state index contributed by atoms with van der Waals surface area (Å²) in [5.74, 6) is 0.705. The molecule has 0 unspecified atom stereocenters. The van der Waals surface area contributed by atoms with Gasteiger partial charge in [-0.3, -0.25) is 0 Å². The Bertz CT molecular complexity index is 299. The number of hydrogen-bond donors (Lipinski definition) is 1. The maximum Gasteiger partial charge on any atom is 0.0957 e. The van der Waals surface area contributed by atoms with Crippen molar-refractivity contribution in [1.82, 2.24) is 0 Å². The molecule has 0 saturated heterocycles. The zero-order chi connectivity index (χ0) is 11.9. The lowest BCUT2D eigenvalue weighted by atomic mass is 9.88. The predicted molar refractivity (Wildman–Crippen MR) is 73.1 cm³/mol. The molecule has 0 spiro atoms. The highest BCUT2D eigenvalue weighted by atomic mass is 16.3. The molecule has 0 bridgehead atoms. The molecule has 0 amide bonds. The topological polar surface area (TPSA) is 20.2 Å². The minimum Gasteiger partial charge on any atom is -0.512 e. The largest absolute Gasteiger partial charge is 0.512 e. The average Bonchev–Trinajstić information content (AvgIpc) is 2.26. The fourth-order valence-electron chi connectivity index (χ4n) is 3.05. The zero-order valence-corrected chi connectivity index (χ0v) is 11.0. The van der Waals surface area contributed by atoms with Crippen LogP contribution < -0.4 is 0 Å². The first-order valence-electron chi connectivity index (χ1n) is 7.48. The fourth-order valence-corrected chi connectivity index (χ4v) is 3.05. The third-order valence-electron chi connectivity index (χ3n) is 4.12. The molecule has 0 aliphatic heterocycles. The molecule has 0 saturated carbocycles. The monoisotopic (exact) mass is 234 g/mol. The van der Waals surface area contributed by atoms with Gasteiger partial charge >= 0.3 is 0 Å². The van der Waals surface area contributed by atoms with E-state index in [0.29, 0.717) is 5.76 Å². The van der Waals surface area contributed by atoms with Crippen molar-refractivity contribution in [3.05, 3.63) is 23.0 Å². The third-order valence-corrected chi connectivity index (χ3v) is 4.12. The van der Waals surface area contributed by atoms with Gasteiger partial charge in [0, 0.05) is 6.42 Å². The van der Waals surface area contributed by atoms with Gasteiger partial charge in [-0.1, -0.05) is 31.8 Å². The second kappa shape index (κ2) is 6.88.